The van der Waals surface area contributed by atoms with Crippen LogP contribution < -0.4 is 5.32 Å². The maximum absolute atomic E-state index is 12.6. The number of benzene rings is 1. The maximum Gasteiger partial charge on any atom is 0.243 e. The molecule has 1 aromatic carbocycles. The second-order valence-corrected chi connectivity index (χ2v) is 8.70. The van der Waals surface area contributed by atoms with Gasteiger partial charge in [0.15, 0.2) is 0 Å². The van der Waals surface area contributed by atoms with E-state index in [0.29, 0.717) is 24.0 Å². The Morgan fingerprint density at radius 1 is 1.10 bits per heavy atom. The molecule has 2 fully saturated rings. The van der Waals surface area contributed by atoms with Crippen LogP contribution in [-0.4, -0.2) is 43.9 Å². The number of sulfonamides is 1. The minimum atomic E-state index is -3.30. The van der Waals surface area contributed by atoms with E-state index < -0.39 is 10.0 Å². The summed E-state index contributed by atoms with van der Waals surface area (Å²) in [7, 11) is -3.30. The van der Waals surface area contributed by atoms with E-state index in [-0.39, 0.29) is 0 Å². The van der Waals surface area contributed by atoms with Crippen LogP contribution in [0.5, 0.6) is 0 Å². The molecule has 0 spiro atoms. The van der Waals surface area contributed by atoms with Crippen molar-refractivity contribution in [3.8, 4) is 0 Å². The van der Waals surface area contributed by atoms with Gasteiger partial charge in [-0.05, 0) is 30.5 Å². The molecule has 2 saturated heterocycles. The van der Waals surface area contributed by atoms with Gasteiger partial charge in [0.05, 0.1) is 4.90 Å². The van der Waals surface area contributed by atoms with Crippen LogP contribution in [0.25, 0.3) is 0 Å². The number of nitrogens with zero attached hydrogens (tertiary/aromatic N) is 1. The number of hydrogen-bond donors (Lipinski definition) is 1. The molecule has 0 bridgehead atoms. The largest absolute Gasteiger partial charge is 0.308 e. The highest BCUT2D eigenvalue weighted by molar-refractivity contribution is 7.99. The minimum Gasteiger partial charge on any atom is -0.308 e. The van der Waals surface area contributed by atoms with Gasteiger partial charge in [-0.3, -0.25) is 0 Å². The van der Waals surface area contributed by atoms with Crippen molar-refractivity contribution in [2.24, 2.45) is 0 Å². The molecule has 2 aliphatic heterocycles. The van der Waals surface area contributed by atoms with Gasteiger partial charge in [-0.25, -0.2) is 8.42 Å². The molecule has 0 aromatic heterocycles. The standard InChI is InChI=1S/C15H22N2O2S2/c18-21(19,17-9-2-1-3-10-17)14-6-4-13(5-7-14)15-12-20-11-8-16-15/h4-7,15-16H,1-3,8-12H2. The molecule has 3 rings (SSSR count). The fraction of sp³-hybridized carbons (Fsp3) is 0.600. The minimum absolute atomic E-state index is 0.343. The summed E-state index contributed by atoms with van der Waals surface area (Å²) in [6.45, 7) is 2.33. The van der Waals surface area contributed by atoms with Crippen LogP contribution in [0.2, 0.25) is 0 Å². The predicted octanol–water partition coefficient (Wildman–Crippen LogP) is 2.24. The van der Waals surface area contributed by atoms with Gasteiger partial charge in [-0.2, -0.15) is 16.1 Å². The molecule has 1 aromatic rings. The van der Waals surface area contributed by atoms with Crippen LogP contribution in [0.4, 0.5) is 0 Å². The van der Waals surface area contributed by atoms with E-state index in [0.717, 1.165) is 37.3 Å². The first-order valence-electron chi connectivity index (χ1n) is 7.59. The average Bonchev–Trinajstić information content (AvgIpc) is 2.57. The molecule has 1 N–H and O–H groups in total. The normalized spacial score (nSPS) is 24.9. The van der Waals surface area contributed by atoms with Crippen LogP contribution >= 0.6 is 11.8 Å². The summed E-state index contributed by atoms with van der Waals surface area (Å²) in [5.74, 6) is 2.20. The predicted molar refractivity (Wildman–Crippen MR) is 87.1 cm³/mol. The van der Waals surface area contributed by atoms with Gasteiger partial charge in [0, 0.05) is 37.2 Å². The van der Waals surface area contributed by atoms with E-state index in [4.69, 9.17) is 0 Å². The van der Waals surface area contributed by atoms with E-state index >= 15 is 0 Å². The van der Waals surface area contributed by atoms with Crippen LogP contribution in [0, 0.1) is 0 Å². The summed E-state index contributed by atoms with van der Waals surface area (Å²) >= 11 is 1.94. The molecule has 21 heavy (non-hydrogen) atoms. The van der Waals surface area contributed by atoms with Crippen molar-refractivity contribution in [1.82, 2.24) is 9.62 Å². The Labute approximate surface area is 131 Å². The Kier molecular flexibility index (Phi) is 4.88. The van der Waals surface area contributed by atoms with Gasteiger partial charge in [0.1, 0.15) is 0 Å². The highest BCUT2D eigenvalue weighted by atomic mass is 32.2. The molecule has 6 heteroatoms. The van der Waals surface area contributed by atoms with Crippen molar-refractivity contribution in [3.63, 3.8) is 0 Å². The zero-order valence-corrected chi connectivity index (χ0v) is 13.8. The topological polar surface area (TPSA) is 49.4 Å². The lowest BCUT2D eigenvalue weighted by Crippen LogP contribution is -2.35. The van der Waals surface area contributed by atoms with Gasteiger partial charge >= 0.3 is 0 Å². The highest BCUT2D eigenvalue weighted by Gasteiger charge is 2.26. The third-order valence-electron chi connectivity index (χ3n) is 4.16. The summed E-state index contributed by atoms with van der Waals surface area (Å²) in [5, 5.41) is 3.48. The fourth-order valence-corrected chi connectivity index (χ4v) is 5.40. The van der Waals surface area contributed by atoms with Gasteiger partial charge in [-0.1, -0.05) is 18.6 Å². The van der Waals surface area contributed by atoms with Gasteiger partial charge in [0.2, 0.25) is 10.0 Å². The van der Waals surface area contributed by atoms with Gasteiger partial charge in [0.25, 0.3) is 0 Å². The Morgan fingerprint density at radius 3 is 2.43 bits per heavy atom. The van der Waals surface area contributed by atoms with E-state index in [1.165, 1.54) is 5.56 Å². The zero-order chi connectivity index (χ0) is 14.7. The molecule has 4 nitrogen and oxygen atoms in total. The molecular weight excluding hydrogens is 304 g/mol. The maximum atomic E-state index is 12.6. The molecule has 0 amide bonds. The first kappa shape index (κ1) is 15.3. The Hall–Kier alpha value is -0.560. The SMILES string of the molecule is O=S(=O)(c1ccc(C2CSCCN2)cc1)N1CCCCC1. The van der Waals surface area contributed by atoms with Crippen molar-refractivity contribution >= 4 is 21.8 Å². The summed E-state index contributed by atoms with van der Waals surface area (Å²) in [4.78, 5) is 0.427. The van der Waals surface area contributed by atoms with Crippen LogP contribution in [0.15, 0.2) is 29.2 Å². The van der Waals surface area contributed by atoms with Gasteiger partial charge < -0.3 is 5.32 Å². The molecule has 116 valence electrons. The van der Waals surface area contributed by atoms with Crippen molar-refractivity contribution < 1.29 is 8.42 Å². The highest BCUT2D eigenvalue weighted by Crippen LogP contribution is 2.25. The van der Waals surface area contributed by atoms with E-state index in [9.17, 15) is 8.42 Å². The molecule has 1 atom stereocenters. The van der Waals surface area contributed by atoms with Crippen molar-refractivity contribution in [3.05, 3.63) is 29.8 Å². The molecule has 2 heterocycles. The van der Waals surface area contributed by atoms with Crippen molar-refractivity contribution in [2.45, 2.75) is 30.2 Å². The van der Waals surface area contributed by atoms with Crippen molar-refractivity contribution in [1.29, 1.82) is 0 Å². The lowest BCUT2D eigenvalue weighted by molar-refractivity contribution is 0.346. The zero-order valence-electron chi connectivity index (χ0n) is 12.1. The first-order chi connectivity index (χ1) is 10.2. The summed E-state index contributed by atoms with van der Waals surface area (Å²) in [6.07, 6.45) is 3.08. The molecule has 0 radical (unpaired) electrons. The van der Waals surface area contributed by atoms with E-state index in [1.54, 1.807) is 16.4 Å². The number of thioether (sulfide) groups is 1. The smallest absolute Gasteiger partial charge is 0.243 e. The third kappa shape index (κ3) is 3.44. The summed E-state index contributed by atoms with van der Waals surface area (Å²) in [6, 6.07) is 7.79. The number of piperidine rings is 1. The first-order valence-corrected chi connectivity index (χ1v) is 10.2. The molecule has 2 aliphatic rings. The van der Waals surface area contributed by atoms with Crippen LogP contribution in [-0.2, 0) is 10.0 Å². The van der Waals surface area contributed by atoms with Crippen LogP contribution in [0.3, 0.4) is 0 Å². The number of hydrogen-bond acceptors (Lipinski definition) is 4. The molecule has 1 unspecified atom stereocenters. The van der Waals surface area contributed by atoms with Gasteiger partial charge in [-0.15, -0.1) is 0 Å². The lowest BCUT2D eigenvalue weighted by atomic mass is 10.1. The average molecular weight is 326 g/mol. The summed E-state index contributed by atoms with van der Waals surface area (Å²) < 4.78 is 26.8. The van der Waals surface area contributed by atoms with Crippen molar-refractivity contribution in [2.75, 3.05) is 31.1 Å². The number of rotatable bonds is 3. The van der Waals surface area contributed by atoms with E-state index in [2.05, 4.69) is 5.32 Å². The second kappa shape index (κ2) is 6.69. The third-order valence-corrected chi connectivity index (χ3v) is 7.13. The lowest BCUT2D eigenvalue weighted by Gasteiger charge is -2.26. The summed E-state index contributed by atoms with van der Waals surface area (Å²) in [5.41, 5.74) is 1.18. The van der Waals surface area contributed by atoms with Crippen LogP contribution in [0.1, 0.15) is 30.9 Å². The number of nitrogens with one attached hydrogen (secondary N) is 1. The molecule has 0 saturated carbocycles. The molecular formula is C15H22N2O2S2. The molecule has 0 aliphatic carbocycles. The Morgan fingerprint density at radius 2 is 1.81 bits per heavy atom. The Bertz CT molecular complexity index is 560. The fourth-order valence-electron chi connectivity index (χ4n) is 2.91. The Balaban J connectivity index is 1.76. The van der Waals surface area contributed by atoms with E-state index in [1.807, 2.05) is 23.9 Å². The quantitative estimate of drug-likeness (QED) is 0.925. The second-order valence-electron chi connectivity index (χ2n) is 5.62. The monoisotopic (exact) mass is 326 g/mol.